The van der Waals surface area contributed by atoms with Gasteiger partial charge in [-0.3, -0.25) is 4.90 Å². The summed E-state index contributed by atoms with van der Waals surface area (Å²) in [7, 11) is 0. The number of fused-ring (bicyclic) bond motifs is 1. The molecule has 0 spiro atoms. The van der Waals surface area contributed by atoms with Crippen molar-refractivity contribution >= 4 is 28.9 Å². The van der Waals surface area contributed by atoms with Gasteiger partial charge in [-0.2, -0.15) is 0 Å². The van der Waals surface area contributed by atoms with Crippen LogP contribution < -0.4 is 20.1 Å². The first-order chi connectivity index (χ1) is 13.6. The molecule has 3 rings (SSSR count). The minimum absolute atomic E-state index is 0.147. The molecule has 0 bridgehead atoms. The van der Waals surface area contributed by atoms with Crippen molar-refractivity contribution in [2.75, 3.05) is 26.4 Å². The Morgan fingerprint density at radius 3 is 2.61 bits per heavy atom. The standard InChI is InChI=1S/C21H26ClN3O2S/c1-3-25(4-2)18(16-7-5-6-8-17(16)22)13-24-21(28)23-12-15-9-10-19-20(11-15)27-14-26-19/h5-11,18H,3-4,12-14H2,1-2H3,(H2,23,24,28)/t18-/m0/s1. The summed E-state index contributed by atoms with van der Waals surface area (Å²) in [5.41, 5.74) is 2.19. The van der Waals surface area contributed by atoms with Gasteiger partial charge in [-0.15, -0.1) is 0 Å². The predicted octanol–water partition coefficient (Wildman–Crippen LogP) is 4.12. The smallest absolute Gasteiger partial charge is 0.231 e. The molecule has 28 heavy (non-hydrogen) atoms. The van der Waals surface area contributed by atoms with Crippen molar-refractivity contribution in [1.29, 1.82) is 0 Å². The fourth-order valence-corrected chi connectivity index (χ4v) is 3.75. The number of thiocarbonyl (C=S) groups is 1. The molecule has 1 aliphatic rings. The molecular formula is C21H26ClN3O2S. The molecule has 2 aromatic rings. The van der Waals surface area contributed by atoms with Gasteiger partial charge in [0.05, 0.1) is 6.04 Å². The molecule has 0 saturated carbocycles. The summed E-state index contributed by atoms with van der Waals surface area (Å²) in [6, 6.07) is 14.0. The first-order valence-electron chi connectivity index (χ1n) is 9.51. The van der Waals surface area contributed by atoms with Gasteiger partial charge in [0.1, 0.15) is 0 Å². The summed E-state index contributed by atoms with van der Waals surface area (Å²) in [5, 5.41) is 7.99. The first-order valence-corrected chi connectivity index (χ1v) is 10.3. The van der Waals surface area contributed by atoms with Crippen molar-refractivity contribution in [3.05, 3.63) is 58.6 Å². The van der Waals surface area contributed by atoms with Crippen LogP contribution in [0.25, 0.3) is 0 Å². The van der Waals surface area contributed by atoms with E-state index in [0.29, 0.717) is 18.2 Å². The highest BCUT2D eigenvalue weighted by Crippen LogP contribution is 2.32. The van der Waals surface area contributed by atoms with Gasteiger partial charge in [-0.05, 0) is 54.6 Å². The summed E-state index contributed by atoms with van der Waals surface area (Å²) in [5.74, 6) is 1.56. The Hall–Kier alpha value is -2.02. The second kappa shape index (κ2) is 9.96. The molecule has 2 aromatic carbocycles. The zero-order valence-corrected chi connectivity index (χ0v) is 17.8. The van der Waals surface area contributed by atoms with Crippen LogP contribution in [-0.2, 0) is 6.54 Å². The maximum atomic E-state index is 6.45. The van der Waals surface area contributed by atoms with Gasteiger partial charge < -0.3 is 20.1 Å². The van der Waals surface area contributed by atoms with E-state index in [-0.39, 0.29) is 12.8 Å². The molecule has 1 atom stereocenters. The monoisotopic (exact) mass is 419 g/mol. The third kappa shape index (κ3) is 5.07. The quantitative estimate of drug-likeness (QED) is 0.628. The normalized spacial score (nSPS) is 13.4. The van der Waals surface area contributed by atoms with Gasteiger partial charge >= 0.3 is 0 Å². The summed E-state index contributed by atoms with van der Waals surface area (Å²) in [6.07, 6.45) is 0. The minimum Gasteiger partial charge on any atom is -0.454 e. The molecule has 2 N–H and O–H groups in total. The lowest BCUT2D eigenvalue weighted by atomic mass is 10.0. The van der Waals surface area contributed by atoms with Crippen LogP contribution in [0.5, 0.6) is 11.5 Å². The first kappa shape index (κ1) is 20.7. The molecule has 0 amide bonds. The maximum absolute atomic E-state index is 6.45. The summed E-state index contributed by atoms with van der Waals surface area (Å²) < 4.78 is 10.8. The summed E-state index contributed by atoms with van der Waals surface area (Å²) >= 11 is 11.9. The van der Waals surface area contributed by atoms with E-state index in [1.165, 1.54) is 0 Å². The minimum atomic E-state index is 0.147. The van der Waals surface area contributed by atoms with E-state index in [1.54, 1.807) is 0 Å². The highest BCUT2D eigenvalue weighted by atomic mass is 35.5. The molecular weight excluding hydrogens is 394 g/mol. The van der Waals surface area contributed by atoms with E-state index in [4.69, 9.17) is 33.3 Å². The van der Waals surface area contributed by atoms with Gasteiger partial charge in [0.15, 0.2) is 16.6 Å². The number of hydrogen-bond donors (Lipinski definition) is 2. The number of likely N-dealkylation sites (N-methyl/N-ethyl adjacent to an activating group) is 1. The van der Waals surface area contributed by atoms with Crippen LogP contribution in [0.3, 0.4) is 0 Å². The molecule has 1 aliphatic heterocycles. The molecule has 0 aliphatic carbocycles. The number of nitrogens with one attached hydrogen (secondary N) is 2. The molecule has 0 radical (unpaired) electrons. The van der Waals surface area contributed by atoms with Crippen LogP contribution in [0.15, 0.2) is 42.5 Å². The average Bonchev–Trinajstić information content (AvgIpc) is 3.18. The Bertz CT molecular complexity index is 814. The van der Waals surface area contributed by atoms with Crippen LogP contribution in [0.2, 0.25) is 5.02 Å². The fraction of sp³-hybridized carbons (Fsp3) is 0.381. The molecule has 0 aromatic heterocycles. The van der Waals surface area contributed by atoms with Gasteiger partial charge in [-0.1, -0.05) is 49.7 Å². The number of hydrogen-bond acceptors (Lipinski definition) is 4. The van der Waals surface area contributed by atoms with E-state index in [2.05, 4.69) is 35.4 Å². The summed E-state index contributed by atoms with van der Waals surface area (Å²) in [6.45, 7) is 7.76. The number of nitrogens with zero attached hydrogens (tertiary/aromatic N) is 1. The van der Waals surface area contributed by atoms with Crippen molar-refractivity contribution in [2.24, 2.45) is 0 Å². The third-order valence-electron chi connectivity index (χ3n) is 4.86. The maximum Gasteiger partial charge on any atom is 0.231 e. The predicted molar refractivity (Wildman–Crippen MR) is 117 cm³/mol. The number of rotatable bonds is 8. The summed E-state index contributed by atoms with van der Waals surface area (Å²) in [4.78, 5) is 2.37. The highest BCUT2D eigenvalue weighted by Gasteiger charge is 2.20. The molecule has 5 nitrogen and oxygen atoms in total. The van der Waals surface area contributed by atoms with Crippen LogP contribution in [0.1, 0.15) is 31.0 Å². The molecule has 0 unspecified atom stereocenters. The van der Waals surface area contributed by atoms with E-state index < -0.39 is 0 Å². The van der Waals surface area contributed by atoms with Crippen LogP contribution in [0.4, 0.5) is 0 Å². The van der Waals surface area contributed by atoms with E-state index in [9.17, 15) is 0 Å². The lowest BCUT2D eigenvalue weighted by Crippen LogP contribution is -2.42. The van der Waals surface area contributed by atoms with Crippen molar-refractivity contribution in [2.45, 2.75) is 26.4 Å². The van der Waals surface area contributed by atoms with Crippen LogP contribution >= 0.6 is 23.8 Å². The molecule has 0 fully saturated rings. The average molecular weight is 420 g/mol. The van der Waals surface area contributed by atoms with Crippen molar-refractivity contribution in [3.8, 4) is 11.5 Å². The molecule has 7 heteroatoms. The number of benzene rings is 2. The number of ether oxygens (including phenoxy) is 2. The third-order valence-corrected chi connectivity index (χ3v) is 5.50. The van der Waals surface area contributed by atoms with Crippen molar-refractivity contribution < 1.29 is 9.47 Å². The lowest BCUT2D eigenvalue weighted by Gasteiger charge is -2.31. The van der Waals surface area contributed by atoms with Crippen molar-refractivity contribution in [3.63, 3.8) is 0 Å². The van der Waals surface area contributed by atoms with E-state index >= 15 is 0 Å². The van der Waals surface area contributed by atoms with Gasteiger partial charge in [0.2, 0.25) is 6.79 Å². The number of halogens is 1. The second-order valence-electron chi connectivity index (χ2n) is 6.51. The molecule has 150 valence electrons. The Labute approximate surface area is 177 Å². The van der Waals surface area contributed by atoms with Crippen LogP contribution in [-0.4, -0.2) is 36.4 Å². The highest BCUT2D eigenvalue weighted by molar-refractivity contribution is 7.80. The van der Waals surface area contributed by atoms with Crippen LogP contribution in [0, 0.1) is 0 Å². The van der Waals surface area contributed by atoms with Gasteiger partial charge in [0, 0.05) is 18.1 Å². The molecule has 0 saturated heterocycles. The Morgan fingerprint density at radius 2 is 1.86 bits per heavy atom. The topological polar surface area (TPSA) is 45.8 Å². The second-order valence-corrected chi connectivity index (χ2v) is 7.33. The molecule has 1 heterocycles. The Kier molecular flexibility index (Phi) is 7.36. The zero-order chi connectivity index (χ0) is 19.9. The van der Waals surface area contributed by atoms with Gasteiger partial charge in [0.25, 0.3) is 0 Å². The van der Waals surface area contributed by atoms with Gasteiger partial charge in [-0.25, -0.2) is 0 Å². The Balaban J connectivity index is 1.58. The van der Waals surface area contributed by atoms with E-state index in [1.807, 2.05) is 36.4 Å². The fourth-order valence-electron chi connectivity index (χ4n) is 3.33. The lowest BCUT2D eigenvalue weighted by molar-refractivity contribution is 0.174. The Morgan fingerprint density at radius 1 is 1.11 bits per heavy atom. The SMILES string of the molecule is CCN(CC)[C@@H](CNC(=S)NCc1ccc2c(c1)OCO2)c1ccccc1Cl. The van der Waals surface area contributed by atoms with Crippen molar-refractivity contribution in [1.82, 2.24) is 15.5 Å². The zero-order valence-electron chi connectivity index (χ0n) is 16.2. The largest absolute Gasteiger partial charge is 0.454 e. The van der Waals surface area contributed by atoms with E-state index in [0.717, 1.165) is 40.7 Å².